The molecule has 0 radical (unpaired) electrons. The van der Waals surface area contributed by atoms with Crippen LogP contribution < -0.4 is 15.4 Å². The van der Waals surface area contributed by atoms with E-state index in [9.17, 15) is 14.7 Å². The Labute approximate surface area is 205 Å². The number of aromatic nitrogens is 1. The number of anilines is 1. The number of aromatic hydroxyl groups is 1. The van der Waals surface area contributed by atoms with E-state index in [4.69, 9.17) is 9.72 Å². The minimum absolute atomic E-state index is 0.0239. The molecule has 184 valence electrons. The fourth-order valence-electron chi connectivity index (χ4n) is 4.72. The molecule has 3 N–H and O–H groups in total. The predicted octanol–water partition coefficient (Wildman–Crippen LogP) is 4.19. The fraction of sp³-hybridized carbons (Fsp3) is 0.393. The number of amides is 1. The molecule has 1 unspecified atom stereocenters. The number of ketones is 1. The summed E-state index contributed by atoms with van der Waals surface area (Å²) in [6.45, 7) is 2.61. The summed E-state index contributed by atoms with van der Waals surface area (Å²) in [4.78, 5) is 29.8. The highest BCUT2D eigenvalue weighted by Crippen LogP contribution is 2.33. The maximum Gasteiger partial charge on any atom is 0.230 e. The van der Waals surface area contributed by atoms with Gasteiger partial charge in [0.1, 0.15) is 11.7 Å². The monoisotopic (exact) mass is 475 g/mol. The van der Waals surface area contributed by atoms with Crippen molar-refractivity contribution >= 4 is 28.3 Å². The first kappa shape index (κ1) is 24.5. The highest BCUT2D eigenvalue weighted by molar-refractivity contribution is 6.00. The van der Waals surface area contributed by atoms with Crippen LogP contribution in [0.2, 0.25) is 0 Å². The second-order valence-electron chi connectivity index (χ2n) is 9.08. The number of carbonyl (C=O) groups excluding carboxylic acids is 2. The number of hydrogen-bond acceptors (Lipinski definition) is 6. The quantitative estimate of drug-likeness (QED) is 0.300. The zero-order chi connectivity index (χ0) is 24.8. The van der Waals surface area contributed by atoms with Gasteiger partial charge in [0.15, 0.2) is 11.5 Å². The van der Waals surface area contributed by atoms with E-state index in [-0.39, 0.29) is 23.9 Å². The molecule has 0 fully saturated rings. The van der Waals surface area contributed by atoms with Gasteiger partial charge in [-0.25, -0.2) is 0 Å². The van der Waals surface area contributed by atoms with Crippen molar-refractivity contribution in [2.24, 2.45) is 5.92 Å². The first-order valence-electron chi connectivity index (χ1n) is 12.3. The van der Waals surface area contributed by atoms with Crippen LogP contribution in [-0.2, 0) is 28.9 Å². The second-order valence-corrected chi connectivity index (χ2v) is 9.08. The minimum atomic E-state index is -0.784. The number of phenolic OH excluding ortho intramolecular Hbond substituents is 1. The maximum absolute atomic E-state index is 12.8. The summed E-state index contributed by atoms with van der Waals surface area (Å²) >= 11 is 0. The highest BCUT2D eigenvalue weighted by Gasteiger charge is 2.24. The molecule has 1 aromatic heterocycles. The molecule has 3 aromatic rings. The van der Waals surface area contributed by atoms with Crippen molar-refractivity contribution in [2.75, 3.05) is 25.5 Å². The lowest BCUT2D eigenvalue weighted by Gasteiger charge is -2.22. The lowest BCUT2D eigenvalue weighted by atomic mass is 9.92. The van der Waals surface area contributed by atoms with Crippen LogP contribution in [0, 0.1) is 5.92 Å². The van der Waals surface area contributed by atoms with E-state index in [1.807, 2.05) is 12.1 Å². The van der Waals surface area contributed by atoms with Crippen LogP contribution in [0.15, 0.2) is 42.5 Å². The van der Waals surface area contributed by atoms with Crippen molar-refractivity contribution in [3.63, 3.8) is 0 Å². The topological polar surface area (TPSA) is 101 Å². The highest BCUT2D eigenvalue weighted by atomic mass is 16.5. The third kappa shape index (κ3) is 5.73. The van der Waals surface area contributed by atoms with Crippen LogP contribution in [0.1, 0.15) is 43.0 Å². The van der Waals surface area contributed by atoms with Crippen molar-refractivity contribution < 1.29 is 19.4 Å². The van der Waals surface area contributed by atoms with E-state index < -0.39 is 5.92 Å². The van der Waals surface area contributed by atoms with Crippen molar-refractivity contribution in [3.05, 3.63) is 59.3 Å². The molecule has 7 heteroatoms. The Hall–Kier alpha value is -3.61. The molecule has 0 saturated carbocycles. The summed E-state index contributed by atoms with van der Waals surface area (Å²) in [6, 6.07) is 13.1. The number of pyridine rings is 1. The number of benzene rings is 2. The molecule has 1 amide bonds. The van der Waals surface area contributed by atoms with Crippen LogP contribution in [0.25, 0.3) is 10.9 Å². The van der Waals surface area contributed by atoms with E-state index in [2.05, 4.69) is 22.8 Å². The number of nitrogens with zero attached hydrogens (tertiary/aromatic N) is 1. The molecule has 0 bridgehead atoms. The molecule has 1 atom stereocenters. The lowest BCUT2D eigenvalue weighted by molar-refractivity contribution is -0.132. The largest absolute Gasteiger partial charge is 0.504 e. The number of aryl methyl sites for hydroxylation is 1. The SMILES string of the molecule is COc1cc(CC(C(C)=O)C(=O)NCCCNc2c3c(nc4ccccc24)CCCC3)ccc1O. The molecular formula is C28H33N3O4. The van der Waals surface area contributed by atoms with Crippen LogP contribution in [0.4, 0.5) is 5.69 Å². The zero-order valence-electron chi connectivity index (χ0n) is 20.4. The van der Waals surface area contributed by atoms with Crippen LogP contribution in [-0.4, -0.2) is 42.0 Å². The van der Waals surface area contributed by atoms with Crippen molar-refractivity contribution in [2.45, 2.75) is 45.4 Å². The van der Waals surface area contributed by atoms with Gasteiger partial charge in [0.2, 0.25) is 5.91 Å². The third-order valence-electron chi connectivity index (χ3n) is 6.62. The maximum atomic E-state index is 12.8. The van der Waals surface area contributed by atoms with Crippen LogP contribution in [0.3, 0.4) is 0 Å². The van der Waals surface area contributed by atoms with Gasteiger partial charge in [-0.05, 0) is 74.8 Å². The molecule has 1 aliphatic carbocycles. The molecule has 1 heterocycles. The van der Waals surface area contributed by atoms with Gasteiger partial charge in [-0.15, -0.1) is 0 Å². The van der Waals surface area contributed by atoms with Gasteiger partial charge in [-0.3, -0.25) is 14.6 Å². The van der Waals surface area contributed by atoms with Crippen molar-refractivity contribution in [3.8, 4) is 11.5 Å². The summed E-state index contributed by atoms with van der Waals surface area (Å²) in [5, 5.41) is 17.4. The molecule has 4 rings (SSSR count). The van der Waals surface area contributed by atoms with E-state index in [1.54, 1.807) is 12.1 Å². The van der Waals surface area contributed by atoms with E-state index in [1.165, 1.54) is 49.9 Å². The molecule has 7 nitrogen and oxygen atoms in total. The number of methoxy groups -OCH3 is 1. The van der Waals surface area contributed by atoms with Crippen LogP contribution in [0.5, 0.6) is 11.5 Å². The molecule has 1 aliphatic rings. The Kier molecular flexibility index (Phi) is 7.85. The van der Waals surface area contributed by atoms with Gasteiger partial charge in [-0.2, -0.15) is 0 Å². The number of ether oxygens (including phenoxy) is 1. The summed E-state index contributed by atoms with van der Waals surface area (Å²) in [5.74, 6) is -0.912. The van der Waals surface area contributed by atoms with Crippen molar-refractivity contribution in [1.29, 1.82) is 0 Å². The Morgan fingerprint density at radius 1 is 1.11 bits per heavy atom. The average Bonchev–Trinajstić information content (AvgIpc) is 2.87. The average molecular weight is 476 g/mol. The number of carbonyl (C=O) groups is 2. The standard InChI is InChI=1S/C28H33N3O4/c1-18(32)22(16-19-12-13-25(33)26(17-19)35-2)28(34)30-15-7-14-29-27-20-8-3-5-10-23(20)31-24-11-6-4-9-21(24)27/h3,5,8,10,12-13,17,22,33H,4,6-7,9,11,14-16H2,1-2H3,(H,29,31)(H,30,34). The minimum Gasteiger partial charge on any atom is -0.504 e. The zero-order valence-corrected chi connectivity index (χ0v) is 20.4. The Balaban J connectivity index is 1.34. The van der Waals surface area contributed by atoms with E-state index in [0.29, 0.717) is 18.8 Å². The van der Waals surface area contributed by atoms with Crippen molar-refractivity contribution in [1.82, 2.24) is 10.3 Å². The molecule has 0 spiro atoms. The lowest BCUT2D eigenvalue weighted by Crippen LogP contribution is -2.36. The smallest absolute Gasteiger partial charge is 0.230 e. The molecular weight excluding hydrogens is 442 g/mol. The number of fused-ring (bicyclic) bond motifs is 2. The fourth-order valence-corrected chi connectivity index (χ4v) is 4.72. The Morgan fingerprint density at radius 2 is 1.91 bits per heavy atom. The second kappa shape index (κ2) is 11.2. The molecule has 0 aliphatic heterocycles. The molecule has 0 saturated heterocycles. The van der Waals surface area contributed by atoms with Gasteiger partial charge in [0, 0.05) is 29.9 Å². The summed E-state index contributed by atoms with van der Waals surface area (Å²) in [7, 11) is 1.46. The van der Waals surface area contributed by atoms with E-state index in [0.717, 1.165) is 35.7 Å². The summed E-state index contributed by atoms with van der Waals surface area (Å²) in [6.07, 6.45) is 5.40. The number of phenols is 1. The predicted molar refractivity (Wildman–Crippen MR) is 137 cm³/mol. The first-order chi connectivity index (χ1) is 17.0. The summed E-state index contributed by atoms with van der Waals surface area (Å²) < 4.78 is 5.13. The van der Waals surface area contributed by atoms with Crippen LogP contribution >= 0.6 is 0 Å². The van der Waals surface area contributed by atoms with Gasteiger partial charge in [-0.1, -0.05) is 24.3 Å². The number of Topliss-reactive ketones (excluding diaryl/α,β-unsaturated/α-hetero) is 1. The van der Waals surface area contributed by atoms with Gasteiger partial charge >= 0.3 is 0 Å². The number of hydrogen-bond donors (Lipinski definition) is 3. The van der Waals surface area contributed by atoms with Gasteiger partial charge in [0.05, 0.1) is 12.6 Å². The Bertz CT molecular complexity index is 1220. The van der Waals surface area contributed by atoms with Gasteiger partial charge in [0.25, 0.3) is 0 Å². The number of para-hydroxylation sites is 1. The number of nitrogens with one attached hydrogen (secondary N) is 2. The normalized spacial score (nSPS) is 13.7. The van der Waals surface area contributed by atoms with Gasteiger partial charge < -0.3 is 20.5 Å². The first-order valence-corrected chi connectivity index (χ1v) is 12.3. The number of rotatable bonds is 10. The Morgan fingerprint density at radius 3 is 2.71 bits per heavy atom. The van der Waals surface area contributed by atoms with E-state index >= 15 is 0 Å². The summed E-state index contributed by atoms with van der Waals surface area (Å²) in [5.41, 5.74) is 5.45. The molecule has 35 heavy (non-hydrogen) atoms. The molecule has 2 aromatic carbocycles. The third-order valence-corrected chi connectivity index (χ3v) is 6.62.